The standard InChI is InChI=1S/C17H26N2O5S/c1-6-7-8-9-25(22,23)19-13-12-11(10(2)18-15(13)20)14(17(3,4)5)24-16(12)21/h14,19H,6-9H2,1-5H3,(H,18,20). The fourth-order valence-corrected chi connectivity index (χ4v) is 4.15. The van der Waals surface area contributed by atoms with Gasteiger partial charge >= 0.3 is 5.97 Å². The molecule has 1 aliphatic heterocycles. The molecule has 0 saturated carbocycles. The molecule has 0 amide bonds. The van der Waals surface area contributed by atoms with Gasteiger partial charge in [-0.15, -0.1) is 0 Å². The van der Waals surface area contributed by atoms with Crippen molar-refractivity contribution in [1.29, 1.82) is 0 Å². The van der Waals surface area contributed by atoms with Crippen LogP contribution in [0.2, 0.25) is 0 Å². The van der Waals surface area contributed by atoms with Crippen molar-refractivity contribution in [2.45, 2.75) is 60.0 Å². The van der Waals surface area contributed by atoms with E-state index in [0.29, 0.717) is 17.7 Å². The molecule has 0 fully saturated rings. The van der Waals surface area contributed by atoms with Gasteiger partial charge in [-0.3, -0.25) is 9.52 Å². The minimum atomic E-state index is -3.72. The van der Waals surface area contributed by atoms with Crippen LogP contribution in [0.5, 0.6) is 0 Å². The molecule has 0 bridgehead atoms. The molecule has 0 saturated heterocycles. The maximum Gasteiger partial charge on any atom is 0.341 e. The maximum absolute atomic E-state index is 12.4. The summed E-state index contributed by atoms with van der Waals surface area (Å²) in [5.74, 6) is -0.767. The Morgan fingerprint density at radius 2 is 1.84 bits per heavy atom. The molecule has 2 rings (SSSR count). The molecule has 8 heteroatoms. The summed E-state index contributed by atoms with van der Waals surface area (Å²) in [4.78, 5) is 27.3. The molecule has 25 heavy (non-hydrogen) atoms. The van der Waals surface area contributed by atoms with Crippen molar-refractivity contribution in [3.63, 3.8) is 0 Å². The van der Waals surface area contributed by atoms with E-state index >= 15 is 0 Å². The average molecular weight is 370 g/mol. The van der Waals surface area contributed by atoms with Gasteiger partial charge in [-0.05, 0) is 13.3 Å². The number of ether oxygens (including phenoxy) is 1. The number of aromatic nitrogens is 1. The van der Waals surface area contributed by atoms with Crippen LogP contribution in [0.1, 0.15) is 74.7 Å². The third kappa shape index (κ3) is 4.05. The molecule has 1 aromatic rings. The number of hydrogen-bond donors (Lipinski definition) is 2. The third-order valence-electron chi connectivity index (χ3n) is 4.20. The molecule has 140 valence electrons. The fraction of sp³-hybridized carbons (Fsp3) is 0.647. The van der Waals surface area contributed by atoms with Gasteiger partial charge in [0.2, 0.25) is 10.0 Å². The Morgan fingerprint density at radius 3 is 2.40 bits per heavy atom. The van der Waals surface area contributed by atoms with Gasteiger partial charge in [-0.25, -0.2) is 13.2 Å². The molecular weight excluding hydrogens is 344 g/mol. The van der Waals surface area contributed by atoms with Gasteiger partial charge < -0.3 is 9.72 Å². The molecular formula is C17H26N2O5S. The van der Waals surface area contributed by atoms with Gasteiger partial charge in [0.15, 0.2) is 0 Å². The first kappa shape index (κ1) is 19.5. The normalized spacial score (nSPS) is 17.3. The second-order valence-corrected chi connectivity index (χ2v) is 9.36. The summed E-state index contributed by atoms with van der Waals surface area (Å²) < 4.78 is 32.3. The van der Waals surface area contributed by atoms with Crippen molar-refractivity contribution in [3.05, 3.63) is 27.2 Å². The molecule has 1 atom stereocenters. The monoisotopic (exact) mass is 370 g/mol. The van der Waals surface area contributed by atoms with Crippen LogP contribution < -0.4 is 10.3 Å². The number of fused-ring (bicyclic) bond motifs is 1. The first-order chi connectivity index (χ1) is 11.5. The number of esters is 1. The van der Waals surface area contributed by atoms with Crippen molar-refractivity contribution >= 4 is 21.7 Å². The Hall–Kier alpha value is -1.83. The Labute approximate surface area is 148 Å². The van der Waals surface area contributed by atoms with E-state index in [2.05, 4.69) is 9.71 Å². The van der Waals surface area contributed by atoms with E-state index in [4.69, 9.17) is 4.74 Å². The summed E-state index contributed by atoms with van der Waals surface area (Å²) in [6.45, 7) is 9.40. The largest absolute Gasteiger partial charge is 0.453 e. The number of aromatic amines is 1. The van der Waals surface area contributed by atoms with Crippen molar-refractivity contribution in [3.8, 4) is 0 Å². The van der Waals surface area contributed by atoms with E-state index < -0.39 is 27.7 Å². The topological polar surface area (TPSA) is 105 Å². The summed E-state index contributed by atoms with van der Waals surface area (Å²) in [5.41, 5.74) is -0.180. The van der Waals surface area contributed by atoms with Crippen LogP contribution in [0.4, 0.5) is 5.69 Å². The fourth-order valence-electron chi connectivity index (χ4n) is 2.96. The summed E-state index contributed by atoms with van der Waals surface area (Å²) in [6.07, 6.45) is 1.61. The van der Waals surface area contributed by atoms with Crippen LogP contribution in [0, 0.1) is 12.3 Å². The number of nitrogens with one attached hydrogen (secondary N) is 2. The number of carbonyl (C=O) groups excluding carboxylic acids is 1. The number of pyridine rings is 1. The first-order valence-electron chi connectivity index (χ1n) is 8.46. The predicted octanol–water partition coefficient (Wildman–Crippen LogP) is 2.87. The van der Waals surface area contributed by atoms with Crippen molar-refractivity contribution in [1.82, 2.24) is 4.98 Å². The third-order valence-corrected chi connectivity index (χ3v) is 5.54. The lowest BCUT2D eigenvalue weighted by Gasteiger charge is -2.26. The molecule has 1 aromatic heterocycles. The highest BCUT2D eigenvalue weighted by Gasteiger charge is 2.43. The van der Waals surface area contributed by atoms with Gasteiger partial charge in [-0.2, -0.15) is 0 Å². The highest BCUT2D eigenvalue weighted by atomic mass is 32.2. The van der Waals surface area contributed by atoms with E-state index in [-0.39, 0.29) is 22.4 Å². The Bertz CT molecular complexity index is 834. The Morgan fingerprint density at radius 1 is 1.20 bits per heavy atom. The molecule has 0 spiro atoms. The highest BCUT2D eigenvalue weighted by molar-refractivity contribution is 7.92. The van der Waals surface area contributed by atoms with E-state index in [1.54, 1.807) is 6.92 Å². The quantitative estimate of drug-likeness (QED) is 0.592. The van der Waals surface area contributed by atoms with Crippen LogP contribution in [-0.2, 0) is 14.8 Å². The number of aryl methyl sites for hydroxylation is 1. The summed E-state index contributed by atoms with van der Waals surface area (Å²) >= 11 is 0. The van der Waals surface area contributed by atoms with Crippen molar-refractivity contribution in [2.75, 3.05) is 10.5 Å². The van der Waals surface area contributed by atoms with Gasteiger partial charge in [0, 0.05) is 16.7 Å². The summed E-state index contributed by atoms with van der Waals surface area (Å²) in [6, 6.07) is 0. The first-order valence-corrected chi connectivity index (χ1v) is 10.1. The smallest absolute Gasteiger partial charge is 0.341 e. The number of sulfonamides is 1. The molecule has 0 aromatic carbocycles. The van der Waals surface area contributed by atoms with E-state index in [1.165, 1.54) is 0 Å². The molecule has 7 nitrogen and oxygen atoms in total. The molecule has 2 N–H and O–H groups in total. The lowest BCUT2D eigenvalue weighted by atomic mass is 9.83. The molecule has 1 aliphatic rings. The average Bonchev–Trinajstić information content (AvgIpc) is 2.82. The van der Waals surface area contributed by atoms with Crippen LogP contribution >= 0.6 is 0 Å². The maximum atomic E-state index is 12.4. The molecule has 2 heterocycles. The Balaban J connectivity index is 2.50. The molecule has 1 unspecified atom stereocenters. The lowest BCUT2D eigenvalue weighted by Crippen LogP contribution is -2.26. The van der Waals surface area contributed by atoms with Gasteiger partial charge in [0.1, 0.15) is 11.8 Å². The number of unbranched alkanes of at least 4 members (excludes halogenated alkanes) is 2. The number of hydrogen-bond acceptors (Lipinski definition) is 5. The minimum absolute atomic E-state index is 0.0280. The number of rotatable bonds is 6. The zero-order valence-electron chi connectivity index (χ0n) is 15.4. The predicted molar refractivity (Wildman–Crippen MR) is 96.3 cm³/mol. The van der Waals surface area contributed by atoms with Gasteiger partial charge in [0.05, 0.1) is 11.3 Å². The summed E-state index contributed by atoms with van der Waals surface area (Å²) in [5, 5.41) is 0. The number of carbonyl (C=O) groups is 1. The summed E-state index contributed by atoms with van der Waals surface area (Å²) in [7, 11) is -3.72. The zero-order chi connectivity index (χ0) is 19.0. The van der Waals surface area contributed by atoms with E-state index in [9.17, 15) is 18.0 Å². The van der Waals surface area contributed by atoms with E-state index in [0.717, 1.165) is 12.8 Å². The zero-order valence-corrected chi connectivity index (χ0v) is 16.2. The van der Waals surface area contributed by atoms with Crippen LogP contribution in [-0.4, -0.2) is 25.1 Å². The van der Waals surface area contributed by atoms with E-state index in [1.807, 2.05) is 27.7 Å². The number of anilines is 1. The van der Waals surface area contributed by atoms with Crippen molar-refractivity contribution < 1.29 is 17.9 Å². The second kappa shape index (κ2) is 6.82. The minimum Gasteiger partial charge on any atom is -0.453 e. The SMILES string of the molecule is CCCCCS(=O)(=O)Nc1c2c(c(C)[nH]c1=O)C(C(C)(C)C)OC2=O. The van der Waals surface area contributed by atoms with Crippen LogP contribution in [0.15, 0.2) is 4.79 Å². The van der Waals surface area contributed by atoms with Gasteiger partial charge in [-0.1, -0.05) is 40.5 Å². The van der Waals surface area contributed by atoms with Gasteiger partial charge in [0.25, 0.3) is 5.56 Å². The van der Waals surface area contributed by atoms with Crippen LogP contribution in [0.25, 0.3) is 0 Å². The molecule has 0 aliphatic carbocycles. The highest BCUT2D eigenvalue weighted by Crippen LogP contribution is 2.45. The second-order valence-electron chi connectivity index (χ2n) is 7.52. The number of cyclic esters (lactones) is 1. The lowest BCUT2D eigenvalue weighted by molar-refractivity contribution is 0.00759. The van der Waals surface area contributed by atoms with Crippen LogP contribution in [0.3, 0.4) is 0 Å². The molecule has 0 radical (unpaired) electrons. The Kier molecular flexibility index (Phi) is 5.32. The number of H-pyrrole nitrogens is 1. The van der Waals surface area contributed by atoms with Crippen molar-refractivity contribution in [2.24, 2.45) is 5.41 Å².